The van der Waals surface area contributed by atoms with Crippen LogP contribution in [0.25, 0.3) is 0 Å². The third-order valence-electron chi connectivity index (χ3n) is 4.72. The third kappa shape index (κ3) is 3.92. The Morgan fingerprint density at radius 3 is 2.67 bits per heavy atom. The summed E-state index contributed by atoms with van der Waals surface area (Å²) in [5, 5.41) is 5.11. The molecule has 0 aliphatic carbocycles. The standard InChI is InChI=1S/C18H21N3O5S/c1-18-8-7-15(23)21(18)13(10-27-18)17(25)26-9-14(22)20-12-5-3-11(4-6-12)16(24)19-2/h3-6,13H,7-10H2,1-2H3,(H,19,24)(H,20,22)/t13-,18-/m1/s1. The predicted molar refractivity (Wildman–Crippen MR) is 100 cm³/mol. The van der Waals surface area contributed by atoms with Gasteiger partial charge < -0.3 is 20.3 Å². The maximum atomic E-state index is 12.3. The number of thioether (sulfide) groups is 1. The maximum Gasteiger partial charge on any atom is 0.330 e. The van der Waals surface area contributed by atoms with E-state index in [-0.39, 0.29) is 16.7 Å². The van der Waals surface area contributed by atoms with Gasteiger partial charge in [0.1, 0.15) is 6.04 Å². The van der Waals surface area contributed by atoms with Gasteiger partial charge in [-0.25, -0.2) is 4.79 Å². The average Bonchev–Trinajstić information content (AvgIpc) is 3.15. The van der Waals surface area contributed by atoms with Gasteiger partial charge in [0.05, 0.1) is 4.87 Å². The van der Waals surface area contributed by atoms with E-state index in [1.54, 1.807) is 40.9 Å². The van der Waals surface area contributed by atoms with Crippen molar-refractivity contribution in [1.82, 2.24) is 10.2 Å². The van der Waals surface area contributed by atoms with E-state index in [2.05, 4.69) is 10.6 Å². The number of carbonyl (C=O) groups excluding carboxylic acids is 4. The molecule has 9 heteroatoms. The van der Waals surface area contributed by atoms with Crippen LogP contribution in [-0.4, -0.2) is 58.9 Å². The van der Waals surface area contributed by atoms with Crippen LogP contribution in [0.4, 0.5) is 5.69 Å². The van der Waals surface area contributed by atoms with Crippen molar-refractivity contribution in [3.05, 3.63) is 29.8 Å². The Kier molecular flexibility index (Phi) is 5.41. The van der Waals surface area contributed by atoms with Gasteiger partial charge in [-0.15, -0.1) is 11.8 Å². The van der Waals surface area contributed by atoms with E-state index in [9.17, 15) is 19.2 Å². The number of benzene rings is 1. The van der Waals surface area contributed by atoms with Gasteiger partial charge in [0, 0.05) is 30.5 Å². The van der Waals surface area contributed by atoms with Gasteiger partial charge in [0.25, 0.3) is 11.8 Å². The van der Waals surface area contributed by atoms with Crippen molar-refractivity contribution in [2.45, 2.75) is 30.7 Å². The van der Waals surface area contributed by atoms with E-state index < -0.39 is 24.5 Å². The van der Waals surface area contributed by atoms with Crippen molar-refractivity contribution in [2.24, 2.45) is 0 Å². The summed E-state index contributed by atoms with van der Waals surface area (Å²) in [5.41, 5.74) is 0.960. The van der Waals surface area contributed by atoms with E-state index in [0.717, 1.165) is 0 Å². The molecule has 2 atom stereocenters. The highest BCUT2D eigenvalue weighted by molar-refractivity contribution is 8.01. The summed E-state index contributed by atoms with van der Waals surface area (Å²) < 4.78 is 5.12. The molecular weight excluding hydrogens is 370 g/mol. The fraction of sp³-hybridized carbons (Fsp3) is 0.444. The van der Waals surface area contributed by atoms with Crippen LogP contribution in [-0.2, 0) is 19.1 Å². The van der Waals surface area contributed by atoms with Crippen LogP contribution in [0.3, 0.4) is 0 Å². The quantitative estimate of drug-likeness (QED) is 0.725. The minimum absolute atomic E-state index is 0.0508. The second-order valence-electron chi connectivity index (χ2n) is 6.58. The lowest BCUT2D eigenvalue weighted by molar-refractivity contribution is -0.155. The number of anilines is 1. The number of ether oxygens (including phenoxy) is 1. The summed E-state index contributed by atoms with van der Waals surface area (Å²) in [6, 6.07) is 5.69. The first-order valence-corrected chi connectivity index (χ1v) is 9.57. The van der Waals surface area contributed by atoms with Crippen LogP contribution in [0, 0.1) is 0 Å². The van der Waals surface area contributed by atoms with Crippen molar-refractivity contribution in [2.75, 3.05) is 24.7 Å². The van der Waals surface area contributed by atoms with Crippen LogP contribution in [0.2, 0.25) is 0 Å². The number of nitrogens with one attached hydrogen (secondary N) is 2. The first kappa shape index (κ1) is 19.2. The summed E-state index contributed by atoms with van der Waals surface area (Å²) in [6.45, 7) is 1.51. The molecule has 0 saturated carbocycles. The van der Waals surface area contributed by atoms with E-state index in [1.807, 2.05) is 6.92 Å². The fourth-order valence-electron chi connectivity index (χ4n) is 3.27. The molecule has 2 aliphatic heterocycles. The molecule has 0 aromatic heterocycles. The molecule has 144 valence electrons. The number of amides is 3. The molecule has 0 radical (unpaired) electrons. The SMILES string of the molecule is CNC(=O)c1ccc(NC(=O)COC(=O)[C@H]2CS[C@]3(C)CCC(=O)N23)cc1. The van der Waals surface area contributed by atoms with Crippen molar-refractivity contribution in [3.63, 3.8) is 0 Å². The van der Waals surface area contributed by atoms with E-state index in [0.29, 0.717) is 29.8 Å². The summed E-state index contributed by atoms with van der Waals surface area (Å²) >= 11 is 1.57. The summed E-state index contributed by atoms with van der Waals surface area (Å²) in [4.78, 5) is 49.1. The van der Waals surface area contributed by atoms with Gasteiger partial charge in [-0.2, -0.15) is 0 Å². The second kappa shape index (κ2) is 7.59. The van der Waals surface area contributed by atoms with Gasteiger partial charge in [0.15, 0.2) is 6.61 Å². The van der Waals surface area contributed by atoms with Crippen LogP contribution in [0.1, 0.15) is 30.1 Å². The highest BCUT2D eigenvalue weighted by atomic mass is 32.2. The maximum absolute atomic E-state index is 12.3. The normalized spacial score (nSPS) is 23.7. The first-order chi connectivity index (χ1) is 12.8. The number of nitrogens with zero attached hydrogens (tertiary/aromatic N) is 1. The molecule has 1 aromatic rings. The molecule has 0 unspecified atom stereocenters. The average molecular weight is 391 g/mol. The predicted octanol–water partition coefficient (Wildman–Crippen LogP) is 0.982. The molecule has 2 saturated heterocycles. The Hall–Kier alpha value is -2.55. The van der Waals surface area contributed by atoms with Crippen molar-refractivity contribution < 1.29 is 23.9 Å². The minimum Gasteiger partial charge on any atom is -0.454 e. The van der Waals surface area contributed by atoms with Crippen LogP contribution >= 0.6 is 11.8 Å². The topological polar surface area (TPSA) is 105 Å². The Bertz CT molecular complexity index is 782. The monoisotopic (exact) mass is 391 g/mol. The molecule has 0 bridgehead atoms. The molecule has 2 fully saturated rings. The molecule has 3 amide bonds. The summed E-state index contributed by atoms with van der Waals surface area (Å²) in [5.74, 6) is -0.850. The molecule has 0 spiro atoms. The number of carbonyl (C=O) groups is 4. The molecule has 2 N–H and O–H groups in total. The number of hydrogen-bond donors (Lipinski definition) is 2. The second-order valence-corrected chi connectivity index (χ2v) is 8.08. The van der Waals surface area contributed by atoms with E-state index in [4.69, 9.17) is 4.74 Å². The first-order valence-electron chi connectivity index (χ1n) is 8.59. The van der Waals surface area contributed by atoms with Gasteiger partial charge in [-0.3, -0.25) is 14.4 Å². The van der Waals surface area contributed by atoms with E-state index >= 15 is 0 Å². The molecule has 3 rings (SSSR count). The number of rotatable bonds is 5. The summed E-state index contributed by atoms with van der Waals surface area (Å²) in [7, 11) is 1.54. The number of fused-ring (bicyclic) bond motifs is 1. The lowest BCUT2D eigenvalue weighted by Gasteiger charge is -2.29. The Morgan fingerprint density at radius 1 is 1.30 bits per heavy atom. The van der Waals surface area contributed by atoms with Crippen molar-refractivity contribution >= 4 is 41.1 Å². The lowest BCUT2D eigenvalue weighted by atomic mass is 10.2. The molecule has 8 nitrogen and oxygen atoms in total. The number of esters is 1. The largest absolute Gasteiger partial charge is 0.454 e. The van der Waals surface area contributed by atoms with E-state index in [1.165, 1.54) is 7.05 Å². The van der Waals surface area contributed by atoms with Gasteiger partial charge >= 0.3 is 5.97 Å². The molecular formula is C18H21N3O5S. The van der Waals surface area contributed by atoms with Crippen LogP contribution in [0.15, 0.2) is 24.3 Å². The third-order valence-corrected chi connectivity index (χ3v) is 6.23. The van der Waals surface area contributed by atoms with Gasteiger partial charge in [-0.1, -0.05) is 0 Å². The zero-order valence-electron chi connectivity index (χ0n) is 15.1. The molecule has 2 heterocycles. The molecule has 1 aromatic carbocycles. The highest BCUT2D eigenvalue weighted by Gasteiger charge is 2.53. The van der Waals surface area contributed by atoms with Crippen LogP contribution < -0.4 is 10.6 Å². The minimum atomic E-state index is -0.644. The molecule has 2 aliphatic rings. The van der Waals surface area contributed by atoms with Crippen molar-refractivity contribution in [1.29, 1.82) is 0 Å². The zero-order valence-corrected chi connectivity index (χ0v) is 15.9. The smallest absolute Gasteiger partial charge is 0.330 e. The van der Waals surface area contributed by atoms with Crippen LogP contribution in [0.5, 0.6) is 0 Å². The Labute approximate surface area is 161 Å². The molecule has 27 heavy (non-hydrogen) atoms. The highest BCUT2D eigenvalue weighted by Crippen LogP contribution is 2.47. The zero-order chi connectivity index (χ0) is 19.6. The summed E-state index contributed by atoms with van der Waals surface area (Å²) in [6.07, 6.45) is 1.15. The fourth-order valence-corrected chi connectivity index (χ4v) is 4.69. The van der Waals surface area contributed by atoms with Gasteiger partial charge in [0.2, 0.25) is 5.91 Å². The van der Waals surface area contributed by atoms with Gasteiger partial charge in [-0.05, 0) is 37.6 Å². The van der Waals surface area contributed by atoms with Crippen molar-refractivity contribution in [3.8, 4) is 0 Å². The lowest BCUT2D eigenvalue weighted by Crippen LogP contribution is -2.47. The Morgan fingerprint density at radius 2 is 2.00 bits per heavy atom. The Balaban J connectivity index is 1.51. The number of hydrogen-bond acceptors (Lipinski definition) is 6.